The first-order valence-electron chi connectivity index (χ1n) is 15.8. The van der Waals surface area contributed by atoms with Crippen LogP contribution in [-0.4, -0.2) is 14.4 Å². The number of aromatic nitrogens is 3. The minimum Gasteiger partial charge on any atom is -0.457 e. The number of para-hydroxylation sites is 2. The zero-order chi connectivity index (χ0) is 31.3. The van der Waals surface area contributed by atoms with E-state index in [0.29, 0.717) is 0 Å². The van der Waals surface area contributed by atoms with Crippen LogP contribution in [0.3, 0.4) is 0 Å². The lowest BCUT2D eigenvalue weighted by atomic mass is 9.73. The first-order valence-corrected chi connectivity index (χ1v) is 15.8. The number of benzene rings is 5. The summed E-state index contributed by atoms with van der Waals surface area (Å²) < 4.78 is 15.1. The van der Waals surface area contributed by atoms with Crippen molar-refractivity contribution >= 4 is 66.5 Å². The Hall–Kier alpha value is -6.14. The van der Waals surface area contributed by atoms with Crippen molar-refractivity contribution in [2.45, 2.75) is 19.3 Å². The number of fused-ring (bicyclic) bond motifs is 11. The highest BCUT2D eigenvalue weighted by molar-refractivity contribution is 6.12. The molecule has 6 nitrogen and oxygen atoms in total. The Morgan fingerprint density at radius 3 is 2.28 bits per heavy atom. The number of nitrogens with zero attached hydrogens (tertiary/aromatic N) is 4. The fraction of sp³-hybridized carbons (Fsp3) is 0.0732. The van der Waals surface area contributed by atoms with Gasteiger partial charge in [0, 0.05) is 51.6 Å². The fourth-order valence-corrected chi connectivity index (χ4v) is 7.49. The van der Waals surface area contributed by atoms with Crippen LogP contribution in [-0.2, 0) is 5.41 Å². The third-order valence-corrected chi connectivity index (χ3v) is 9.73. The molecule has 0 atom stereocenters. The van der Waals surface area contributed by atoms with E-state index in [1.807, 2.05) is 48.9 Å². The molecule has 0 aliphatic carbocycles. The Kier molecular flexibility index (Phi) is 5.24. The third kappa shape index (κ3) is 3.72. The van der Waals surface area contributed by atoms with Crippen LogP contribution in [0.4, 0.5) is 17.2 Å². The first-order chi connectivity index (χ1) is 23.0. The SMILES string of the molecule is CC1(C)c2ccc(Oc3ccc4c5ccccc5n5ccnc5c4c3)cc2N(c2ccccn2)c2cc3c(cc21)oc1ccccc13. The van der Waals surface area contributed by atoms with Crippen LogP contribution in [0.2, 0.25) is 0 Å². The molecule has 224 valence electrons. The van der Waals surface area contributed by atoms with Gasteiger partial charge in [0.25, 0.3) is 0 Å². The van der Waals surface area contributed by atoms with Crippen LogP contribution in [0.25, 0.3) is 49.3 Å². The van der Waals surface area contributed by atoms with Gasteiger partial charge in [-0.25, -0.2) is 9.97 Å². The molecule has 9 aromatic rings. The highest BCUT2D eigenvalue weighted by atomic mass is 16.5. The van der Waals surface area contributed by atoms with Crippen molar-refractivity contribution in [3.63, 3.8) is 0 Å². The van der Waals surface area contributed by atoms with Gasteiger partial charge in [-0.1, -0.05) is 62.4 Å². The molecule has 0 fully saturated rings. The van der Waals surface area contributed by atoms with E-state index in [1.165, 1.54) is 16.5 Å². The molecule has 0 N–H and O–H groups in total. The molecule has 6 heteroatoms. The summed E-state index contributed by atoms with van der Waals surface area (Å²) in [7, 11) is 0. The van der Waals surface area contributed by atoms with Gasteiger partial charge in [-0.2, -0.15) is 0 Å². The first kappa shape index (κ1) is 26.1. The second kappa shape index (κ2) is 9.44. The molecule has 1 aliphatic heterocycles. The van der Waals surface area contributed by atoms with Crippen molar-refractivity contribution < 1.29 is 9.15 Å². The van der Waals surface area contributed by atoms with Crippen molar-refractivity contribution in [2.24, 2.45) is 0 Å². The maximum atomic E-state index is 6.65. The zero-order valence-corrected chi connectivity index (χ0v) is 25.8. The van der Waals surface area contributed by atoms with Gasteiger partial charge in [0.1, 0.15) is 34.1 Å². The van der Waals surface area contributed by atoms with E-state index in [0.717, 1.165) is 72.6 Å². The second-order valence-electron chi connectivity index (χ2n) is 12.7. The largest absolute Gasteiger partial charge is 0.457 e. The summed E-state index contributed by atoms with van der Waals surface area (Å²) in [5, 5.41) is 5.56. The van der Waals surface area contributed by atoms with E-state index in [4.69, 9.17) is 19.1 Å². The summed E-state index contributed by atoms with van der Waals surface area (Å²) in [6.07, 6.45) is 5.71. The lowest BCUT2D eigenvalue weighted by Gasteiger charge is -2.41. The number of pyridine rings is 2. The molecule has 0 saturated heterocycles. The van der Waals surface area contributed by atoms with Crippen LogP contribution < -0.4 is 9.64 Å². The van der Waals surface area contributed by atoms with Gasteiger partial charge in [0.15, 0.2) is 0 Å². The summed E-state index contributed by atoms with van der Waals surface area (Å²) in [5.41, 5.74) is 7.99. The number of anilines is 3. The Morgan fingerprint density at radius 1 is 0.596 bits per heavy atom. The Bertz CT molecular complexity index is 2710. The van der Waals surface area contributed by atoms with Crippen molar-refractivity contribution in [1.29, 1.82) is 0 Å². The van der Waals surface area contributed by atoms with Gasteiger partial charge in [-0.3, -0.25) is 9.30 Å². The molecular formula is C41H28N4O2. The van der Waals surface area contributed by atoms with Gasteiger partial charge >= 0.3 is 0 Å². The Labute approximate surface area is 270 Å². The monoisotopic (exact) mass is 608 g/mol. The molecule has 0 radical (unpaired) electrons. The Morgan fingerprint density at radius 2 is 1.38 bits per heavy atom. The van der Waals surface area contributed by atoms with Crippen molar-refractivity contribution in [1.82, 2.24) is 14.4 Å². The summed E-state index contributed by atoms with van der Waals surface area (Å²) in [5.74, 6) is 2.34. The smallest absolute Gasteiger partial charge is 0.145 e. The third-order valence-electron chi connectivity index (χ3n) is 9.73. The molecule has 0 amide bonds. The van der Waals surface area contributed by atoms with E-state index < -0.39 is 0 Å². The number of ether oxygens (including phenoxy) is 1. The number of furan rings is 1. The fourth-order valence-electron chi connectivity index (χ4n) is 7.49. The lowest BCUT2D eigenvalue weighted by Crippen LogP contribution is -2.31. The molecule has 0 bridgehead atoms. The molecule has 5 heterocycles. The van der Waals surface area contributed by atoms with E-state index in [-0.39, 0.29) is 5.41 Å². The number of imidazole rings is 1. The van der Waals surface area contributed by atoms with Gasteiger partial charge in [0.05, 0.1) is 16.9 Å². The van der Waals surface area contributed by atoms with Gasteiger partial charge in [-0.05, 0) is 77.2 Å². The minimum absolute atomic E-state index is 0.308. The summed E-state index contributed by atoms with van der Waals surface area (Å²) in [6, 6.07) is 39.8. The predicted octanol–water partition coefficient (Wildman–Crippen LogP) is 10.8. The molecular weight excluding hydrogens is 580 g/mol. The maximum absolute atomic E-state index is 6.65. The average molecular weight is 609 g/mol. The van der Waals surface area contributed by atoms with E-state index in [1.54, 1.807) is 0 Å². The quantitative estimate of drug-likeness (QED) is 0.187. The highest BCUT2D eigenvalue weighted by Crippen LogP contribution is 2.54. The number of hydrogen-bond donors (Lipinski definition) is 0. The molecule has 10 rings (SSSR count). The van der Waals surface area contributed by atoms with Crippen LogP contribution in [0.5, 0.6) is 11.5 Å². The van der Waals surface area contributed by atoms with Crippen LogP contribution in [0, 0.1) is 0 Å². The summed E-state index contributed by atoms with van der Waals surface area (Å²) in [6.45, 7) is 4.55. The summed E-state index contributed by atoms with van der Waals surface area (Å²) >= 11 is 0. The molecule has 5 aromatic carbocycles. The van der Waals surface area contributed by atoms with E-state index in [9.17, 15) is 0 Å². The van der Waals surface area contributed by atoms with Crippen molar-refractivity contribution in [3.8, 4) is 11.5 Å². The minimum atomic E-state index is -0.308. The molecule has 47 heavy (non-hydrogen) atoms. The highest BCUT2D eigenvalue weighted by Gasteiger charge is 2.38. The molecule has 4 aromatic heterocycles. The topological polar surface area (TPSA) is 55.8 Å². The summed E-state index contributed by atoms with van der Waals surface area (Å²) in [4.78, 5) is 11.8. The second-order valence-corrected chi connectivity index (χ2v) is 12.7. The van der Waals surface area contributed by atoms with Crippen molar-refractivity contribution in [2.75, 3.05) is 4.90 Å². The van der Waals surface area contributed by atoms with Gasteiger partial charge in [0.2, 0.25) is 0 Å². The normalized spacial score (nSPS) is 13.9. The maximum Gasteiger partial charge on any atom is 0.145 e. The van der Waals surface area contributed by atoms with Crippen LogP contribution >= 0.6 is 0 Å². The van der Waals surface area contributed by atoms with E-state index in [2.05, 4.69) is 108 Å². The molecule has 0 unspecified atom stereocenters. The van der Waals surface area contributed by atoms with Crippen molar-refractivity contribution in [3.05, 3.63) is 145 Å². The Balaban J connectivity index is 1.14. The van der Waals surface area contributed by atoms with Crippen LogP contribution in [0.1, 0.15) is 25.0 Å². The predicted molar refractivity (Wildman–Crippen MR) is 189 cm³/mol. The van der Waals surface area contributed by atoms with E-state index >= 15 is 0 Å². The number of rotatable bonds is 3. The standard InChI is InChI=1S/C41H28N4O2/c1-41(2)32-17-15-26(46-25-14-16-27-28-9-3-5-11-34(28)44-20-19-43-40(44)31(27)21-25)22-35(32)45(39-13-7-8-18-42-39)36-23-30-29-10-4-6-12-37(29)47-38(30)24-33(36)41/h3-24H,1-2H3. The molecule has 1 aliphatic rings. The molecule has 0 saturated carbocycles. The average Bonchev–Trinajstić information content (AvgIpc) is 3.74. The van der Waals surface area contributed by atoms with Gasteiger partial charge in [-0.15, -0.1) is 0 Å². The van der Waals surface area contributed by atoms with Crippen LogP contribution in [0.15, 0.2) is 138 Å². The zero-order valence-electron chi connectivity index (χ0n) is 25.8. The van der Waals surface area contributed by atoms with Gasteiger partial charge < -0.3 is 9.15 Å². The lowest BCUT2D eigenvalue weighted by molar-refractivity contribution is 0.482. The molecule has 0 spiro atoms. The number of hydrogen-bond acceptors (Lipinski definition) is 5.